The lowest BCUT2D eigenvalue weighted by Crippen LogP contribution is -2.28. The average molecular weight is 587 g/mol. The summed E-state index contributed by atoms with van der Waals surface area (Å²) in [4.78, 5) is 0. The molecule has 0 aliphatic carbocycles. The molecule has 0 aliphatic heterocycles. The first-order valence-electron chi connectivity index (χ1n) is 14.9. The van der Waals surface area contributed by atoms with Crippen LogP contribution in [0.3, 0.4) is 0 Å². The van der Waals surface area contributed by atoms with Crippen LogP contribution in [0.25, 0.3) is 0 Å². The Kier molecular flexibility index (Phi) is 26.3. The molecule has 0 amide bonds. The van der Waals surface area contributed by atoms with Crippen LogP contribution in [0.15, 0.2) is 0 Å². The predicted octanol–water partition coefficient (Wildman–Crippen LogP) is 5.38. The molecule has 11 heteroatoms. The summed E-state index contributed by atoms with van der Waals surface area (Å²) in [6, 6.07) is 0. The molecule has 0 fully saturated rings. The monoisotopic (exact) mass is 586 g/mol. The fourth-order valence-electron chi connectivity index (χ4n) is 3.64. The largest absolute Gasteiger partial charge is 0.397 e. The maximum atomic E-state index is 10.4. The SMILES string of the molecule is CCCCCCCCCCCCOCC(C)OCC(C)OCC(C)OCC(C)OCCOCCOS(=O)(=O)O. The molecule has 0 saturated heterocycles. The minimum Gasteiger partial charge on any atom is -0.379 e. The Bertz CT molecular complexity index is 619. The third-order valence-electron chi connectivity index (χ3n) is 5.93. The van der Waals surface area contributed by atoms with Gasteiger partial charge in [0.15, 0.2) is 0 Å². The number of rotatable bonds is 30. The minimum absolute atomic E-state index is 0.0325. The van der Waals surface area contributed by atoms with Crippen molar-refractivity contribution in [3.63, 3.8) is 0 Å². The van der Waals surface area contributed by atoms with Crippen LogP contribution in [-0.4, -0.2) is 96.8 Å². The Labute approximate surface area is 238 Å². The highest BCUT2D eigenvalue weighted by atomic mass is 32.3. The zero-order chi connectivity index (χ0) is 29.2. The summed E-state index contributed by atoms with van der Waals surface area (Å²) >= 11 is 0. The Balaban J connectivity index is 3.55. The van der Waals surface area contributed by atoms with Crippen LogP contribution < -0.4 is 0 Å². The minimum atomic E-state index is -4.42. The van der Waals surface area contributed by atoms with E-state index in [1.807, 2.05) is 27.7 Å². The second-order valence-corrected chi connectivity index (χ2v) is 11.3. The third kappa shape index (κ3) is 30.4. The average Bonchev–Trinajstić information content (AvgIpc) is 2.88. The Morgan fingerprint density at radius 2 is 0.949 bits per heavy atom. The third-order valence-corrected chi connectivity index (χ3v) is 6.40. The van der Waals surface area contributed by atoms with Gasteiger partial charge in [0.2, 0.25) is 0 Å². The van der Waals surface area contributed by atoms with E-state index in [2.05, 4.69) is 11.1 Å². The van der Waals surface area contributed by atoms with Gasteiger partial charge in [0.1, 0.15) is 0 Å². The first kappa shape index (κ1) is 38.6. The lowest BCUT2D eigenvalue weighted by molar-refractivity contribution is -0.0947. The Hall–Kier alpha value is -0.370. The van der Waals surface area contributed by atoms with Crippen LogP contribution in [0.1, 0.15) is 98.8 Å². The first-order valence-corrected chi connectivity index (χ1v) is 16.2. The summed E-state index contributed by atoms with van der Waals surface area (Å²) in [6.45, 7) is 13.3. The van der Waals surface area contributed by atoms with Crippen molar-refractivity contribution in [3.05, 3.63) is 0 Å². The zero-order valence-electron chi connectivity index (χ0n) is 25.3. The maximum absolute atomic E-state index is 10.4. The molecule has 4 atom stereocenters. The topological polar surface area (TPSA) is 119 Å². The number of unbranched alkanes of at least 4 members (excludes halogenated alkanes) is 9. The van der Waals surface area contributed by atoms with E-state index in [9.17, 15) is 8.42 Å². The molecule has 10 nitrogen and oxygen atoms in total. The van der Waals surface area contributed by atoms with E-state index in [0.717, 1.165) is 13.0 Å². The molecule has 39 heavy (non-hydrogen) atoms. The molecule has 0 aromatic carbocycles. The smallest absolute Gasteiger partial charge is 0.379 e. The lowest BCUT2D eigenvalue weighted by atomic mass is 10.1. The normalized spacial score (nSPS) is 15.3. The molecule has 0 spiro atoms. The Morgan fingerprint density at radius 1 is 0.513 bits per heavy atom. The second kappa shape index (κ2) is 26.5. The molecule has 0 saturated carbocycles. The number of hydrogen-bond donors (Lipinski definition) is 1. The van der Waals surface area contributed by atoms with Gasteiger partial charge in [-0.15, -0.1) is 0 Å². The van der Waals surface area contributed by atoms with E-state index >= 15 is 0 Å². The highest BCUT2D eigenvalue weighted by Crippen LogP contribution is 2.10. The summed E-state index contributed by atoms with van der Waals surface area (Å²) in [5, 5.41) is 0. The van der Waals surface area contributed by atoms with Gasteiger partial charge >= 0.3 is 10.4 Å². The van der Waals surface area contributed by atoms with Crippen molar-refractivity contribution in [1.29, 1.82) is 0 Å². The molecular formula is C28H58O10S. The molecule has 0 aromatic heterocycles. The molecule has 0 heterocycles. The summed E-state index contributed by atoms with van der Waals surface area (Å²) in [7, 11) is -4.42. The van der Waals surface area contributed by atoms with Gasteiger partial charge in [-0.1, -0.05) is 64.7 Å². The molecule has 236 valence electrons. The second-order valence-electron chi connectivity index (χ2n) is 10.2. The van der Waals surface area contributed by atoms with Gasteiger partial charge in [-0.2, -0.15) is 8.42 Å². The van der Waals surface area contributed by atoms with Gasteiger partial charge in [-0.3, -0.25) is 4.55 Å². The van der Waals surface area contributed by atoms with Gasteiger partial charge in [0.25, 0.3) is 0 Å². The fourth-order valence-corrected chi connectivity index (χ4v) is 3.92. The van der Waals surface area contributed by atoms with Crippen LogP contribution in [0.5, 0.6) is 0 Å². The van der Waals surface area contributed by atoms with E-state index in [1.54, 1.807) is 0 Å². The van der Waals surface area contributed by atoms with Crippen LogP contribution in [0, 0.1) is 0 Å². The van der Waals surface area contributed by atoms with E-state index < -0.39 is 10.4 Å². The summed E-state index contributed by atoms with van der Waals surface area (Å²) in [6.07, 6.45) is 13.0. The van der Waals surface area contributed by atoms with Gasteiger partial charge < -0.3 is 28.4 Å². The van der Waals surface area contributed by atoms with Crippen molar-refractivity contribution < 1.29 is 45.6 Å². The number of hydrogen-bond acceptors (Lipinski definition) is 9. The first-order chi connectivity index (χ1) is 18.6. The summed E-state index contributed by atoms with van der Waals surface area (Å²) < 4.78 is 67.4. The van der Waals surface area contributed by atoms with E-state index in [0.29, 0.717) is 33.0 Å². The van der Waals surface area contributed by atoms with Crippen LogP contribution in [-0.2, 0) is 43.0 Å². The molecule has 1 N–H and O–H groups in total. The van der Waals surface area contributed by atoms with Crippen molar-refractivity contribution >= 4 is 10.4 Å². The van der Waals surface area contributed by atoms with Crippen molar-refractivity contribution in [2.24, 2.45) is 0 Å². The van der Waals surface area contributed by atoms with Gasteiger partial charge in [0, 0.05) is 6.61 Å². The molecule has 4 unspecified atom stereocenters. The van der Waals surface area contributed by atoms with E-state index in [1.165, 1.54) is 57.8 Å². The standard InChI is InChI=1S/C28H58O10S/c1-6-7-8-9-10-11-12-13-14-15-16-33-21-25(2)35-23-27(4)37-24-28(5)36-22-26(3)34-19-17-32-18-20-38-39(29,30)31/h25-28H,6-24H2,1-5H3,(H,29,30,31). The molecular weight excluding hydrogens is 528 g/mol. The van der Waals surface area contributed by atoms with Crippen molar-refractivity contribution in [2.75, 3.05) is 59.5 Å². The quantitative estimate of drug-likeness (QED) is 0.0868. The van der Waals surface area contributed by atoms with Crippen LogP contribution in [0.2, 0.25) is 0 Å². The fraction of sp³-hybridized carbons (Fsp3) is 1.00. The maximum Gasteiger partial charge on any atom is 0.397 e. The molecule has 0 bridgehead atoms. The highest BCUT2D eigenvalue weighted by molar-refractivity contribution is 7.80. The molecule has 0 radical (unpaired) electrons. The predicted molar refractivity (Wildman–Crippen MR) is 153 cm³/mol. The van der Waals surface area contributed by atoms with Crippen molar-refractivity contribution in [1.82, 2.24) is 0 Å². The molecule has 0 aromatic rings. The number of ether oxygens (including phenoxy) is 6. The summed E-state index contributed by atoms with van der Waals surface area (Å²) in [5.74, 6) is 0. The molecule has 0 aliphatic rings. The highest BCUT2D eigenvalue weighted by Gasteiger charge is 2.12. The summed E-state index contributed by atoms with van der Waals surface area (Å²) in [5.41, 5.74) is 0. The van der Waals surface area contributed by atoms with Crippen LogP contribution in [0.4, 0.5) is 0 Å². The lowest BCUT2D eigenvalue weighted by Gasteiger charge is -2.21. The van der Waals surface area contributed by atoms with Crippen molar-refractivity contribution in [3.8, 4) is 0 Å². The van der Waals surface area contributed by atoms with Crippen LogP contribution >= 0.6 is 0 Å². The van der Waals surface area contributed by atoms with Gasteiger partial charge in [0.05, 0.1) is 77.3 Å². The zero-order valence-corrected chi connectivity index (χ0v) is 26.1. The van der Waals surface area contributed by atoms with E-state index in [-0.39, 0.29) is 44.2 Å². The van der Waals surface area contributed by atoms with Gasteiger partial charge in [-0.05, 0) is 34.1 Å². The van der Waals surface area contributed by atoms with Crippen molar-refractivity contribution in [2.45, 2.75) is 123 Å². The van der Waals surface area contributed by atoms with Gasteiger partial charge in [-0.25, -0.2) is 4.18 Å². The Morgan fingerprint density at radius 3 is 1.46 bits per heavy atom. The molecule has 0 rings (SSSR count). The van der Waals surface area contributed by atoms with E-state index in [4.69, 9.17) is 33.0 Å².